The molecule has 1 aromatic carbocycles. The van der Waals surface area contributed by atoms with E-state index in [0.29, 0.717) is 11.7 Å². The minimum atomic E-state index is 0.00706. The van der Waals surface area contributed by atoms with Crippen molar-refractivity contribution >= 4 is 39.1 Å². The summed E-state index contributed by atoms with van der Waals surface area (Å²) in [5.41, 5.74) is 2.05. The van der Waals surface area contributed by atoms with Crippen LogP contribution in [0, 0.1) is 0 Å². The van der Waals surface area contributed by atoms with E-state index in [1.807, 2.05) is 36.4 Å². The summed E-state index contributed by atoms with van der Waals surface area (Å²) >= 11 is 3.32. The lowest BCUT2D eigenvalue weighted by atomic mass is 9.88. The van der Waals surface area contributed by atoms with Gasteiger partial charge in [-0.25, -0.2) is 8.97 Å². The van der Waals surface area contributed by atoms with Crippen molar-refractivity contribution in [1.82, 2.24) is 19.2 Å². The van der Waals surface area contributed by atoms with Crippen LogP contribution in [0.2, 0.25) is 0 Å². The number of aromatic nitrogens is 4. The Bertz CT molecular complexity index is 1250. The highest BCUT2D eigenvalue weighted by atomic mass is 32.2. The quantitative estimate of drug-likeness (QED) is 0.359. The molecule has 1 atom stereocenters. The topological polar surface area (TPSA) is 52.2 Å². The van der Waals surface area contributed by atoms with Crippen LogP contribution in [0.1, 0.15) is 36.1 Å². The Morgan fingerprint density at radius 3 is 2.93 bits per heavy atom. The van der Waals surface area contributed by atoms with E-state index >= 15 is 0 Å². The summed E-state index contributed by atoms with van der Waals surface area (Å²) in [4.78, 5) is 16.0. The van der Waals surface area contributed by atoms with E-state index in [2.05, 4.69) is 28.1 Å². The molecular weight excluding hydrogens is 388 g/mol. The predicted octanol–water partition coefficient (Wildman–Crippen LogP) is 4.81. The Morgan fingerprint density at radius 2 is 2.14 bits per heavy atom. The molecule has 5 nitrogen and oxygen atoms in total. The van der Waals surface area contributed by atoms with E-state index in [1.54, 1.807) is 27.7 Å². The van der Waals surface area contributed by atoms with Crippen molar-refractivity contribution in [2.24, 2.45) is 0 Å². The van der Waals surface area contributed by atoms with Gasteiger partial charge in [0.2, 0.25) is 5.78 Å². The van der Waals surface area contributed by atoms with Gasteiger partial charge in [0.1, 0.15) is 4.83 Å². The van der Waals surface area contributed by atoms with Gasteiger partial charge >= 0.3 is 0 Å². The first-order valence-electron chi connectivity index (χ1n) is 9.45. The molecule has 0 amide bonds. The molecule has 1 aliphatic rings. The second kappa shape index (κ2) is 6.90. The molecule has 0 fully saturated rings. The molecule has 0 bridgehead atoms. The molecule has 142 valence electrons. The number of hydrogen-bond donors (Lipinski definition) is 0. The zero-order valence-corrected chi connectivity index (χ0v) is 17.2. The van der Waals surface area contributed by atoms with E-state index in [9.17, 15) is 4.79 Å². The van der Waals surface area contributed by atoms with Gasteiger partial charge in [0.05, 0.1) is 11.1 Å². The average molecular weight is 409 g/mol. The van der Waals surface area contributed by atoms with E-state index in [4.69, 9.17) is 0 Å². The molecule has 3 heterocycles. The fourth-order valence-electron chi connectivity index (χ4n) is 4.09. The van der Waals surface area contributed by atoms with Crippen LogP contribution in [-0.4, -0.2) is 24.9 Å². The second-order valence-corrected chi connectivity index (χ2v) is 9.18. The van der Waals surface area contributed by atoms with Crippen LogP contribution in [0.5, 0.6) is 0 Å². The number of thioether (sulfide) groups is 1. The molecular formula is C21H20N4OS2. The second-order valence-electron chi connectivity index (χ2n) is 7.11. The predicted molar refractivity (Wildman–Crippen MR) is 116 cm³/mol. The number of aryl methyl sites for hydroxylation is 1. The zero-order chi connectivity index (χ0) is 19.3. The molecule has 0 saturated carbocycles. The Kier molecular flexibility index (Phi) is 4.36. The fourth-order valence-corrected chi connectivity index (χ4v) is 6.26. The molecule has 28 heavy (non-hydrogen) atoms. The van der Waals surface area contributed by atoms with Crippen molar-refractivity contribution in [3.05, 3.63) is 63.8 Å². The Labute approximate surface area is 170 Å². The van der Waals surface area contributed by atoms with Crippen molar-refractivity contribution in [2.75, 3.05) is 5.75 Å². The van der Waals surface area contributed by atoms with Crippen molar-refractivity contribution in [1.29, 1.82) is 0 Å². The number of thiophene rings is 1. The SMILES string of the molecule is C=CCSc1nnc2n(-c3ccccc3)c(=O)c3c4c(sc3n12)CCC[C@@H]4C. The van der Waals surface area contributed by atoms with Gasteiger partial charge in [-0.15, -0.1) is 28.1 Å². The average Bonchev–Trinajstić information content (AvgIpc) is 3.29. The minimum Gasteiger partial charge on any atom is -0.268 e. The van der Waals surface area contributed by atoms with E-state index < -0.39 is 0 Å². The number of fused-ring (bicyclic) bond motifs is 5. The molecule has 4 aromatic rings. The van der Waals surface area contributed by atoms with Crippen molar-refractivity contribution in [2.45, 2.75) is 37.3 Å². The van der Waals surface area contributed by atoms with Crippen LogP contribution in [0.25, 0.3) is 21.7 Å². The Hall–Kier alpha value is -2.38. The van der Waals surface area contributed by atoms with Gasteiger partial charge in [0, 0.05) is 10.6 Å². The lowest BCUT2D eigenvalue weighted by Gasteiger charge is -2.18. The van der Waals surface area contributed by atoms with Crippen LogP contribution < -0.4 is 5.56 Å². The lowest BCUT2D eigenvalue weighted by molar-refractivity contribution is 0.601. The highest BCUT2D eigenvalue weighted by Gasteiger charge is 2.28. The molecule has 0 N–H and O–H groups in total. The number of nitrogens with zero attached hydrogens (tertiary/aromatic N) is 4. The van der Waals surface area contributed by atoms with Crippen molar-refractivity contribution < 1.29 is 0 Å². The molecule has 0 aliphatic heterocycles. The smallest absolute Gasteiger partial charge is 0.268 e. The third kappa shape index (κ3) is 2.57. The fraction of sp³-hybridized carbons (Fsp3) is 0.286. The molecule has 0 radical (unpaired) electrons. The summed E-state index contributed by atoms with van der Waals surface area (Å²) in [5.74, 6) is 1.71. The van der Waals surface area contributed by atoms with Crippen LogP contribution >= 0.6 is 23.1 Å². The number of hydrogen-bond acceptors (Lipinski definition) is 5. The molecule has 0 unspecified atom stereocenters. The maximum absolute atomic E-state index is 13.7. The van der Waals surface area contributed by atoms with E-state index in [-0.39, 0.29) is 5.56 Å². The van der Waals surface area contributed by atoms with Crippen molar-refractivity contribution in [3.63, 3.8) is 0 Å². The highest BCUT2D eigenvalue weighted by molar-refractivity contribution is 7.99. The van der Waals surface area contributed by atoms with Gasteiger partial charge in [-0.2, -0.15) is 0 Å². The number of rotatable bonds is 4. The third-order valence-corrected chi connectivity index (χ3v) is 7.49. The van der Waals surface area contributed by atoms with Crippen LogP contribution in [0.4, 0.5) is 0 Å². The van der Waals surface area contributed by atoms with E-state index in [1.165, 1.54) is 16.9 Å². The van der Waals surface area contributed by atoms with Gasteiger partial charge in [0.15, 0.2) is 5.16 Å². The maximum Gasteiger partial charge on any atom is 0.268 e. The first-order chi connectivity index (χ1) is 13.7. The van der Waals surface area contributed by atoms with Crippen molar-refractivity contribution in [3.8, 4) is 5.69 Å². The lowest BCUT2D eigenvalue weighted by Crippen LogP contribution is -2.22. The van der Waals surface area contributed by atoms with Gasteiger partial charge in [-0.05, 0) is 42.9 Å². The van der Waals surface area contributed by atoms with Gasteiger partial charge in [-0.1, -0.05) is 43.0 Å². The van der Waals surface area contributed by atoms with Gasteiger partial charge < -0.3 is 0 Å². The number of para-hydroxylation sites is 1. The minimum absolute atomic E-state index is 0.00706. The normalized spacial score (nSPS) is 16.5. The monoisotopic (exact) mass is 408 g/mol. The maximum atomic E-state index is 13.7. The molecule has 0 spiro atoms. The zero-order valence-electron chi connectivity index (χ0n) is 15.6. The number of benzene rings is 1. The summed E-state index contributed by atoms with van der Waals surface area (Å²) in [5, 5.41) is 10.5. The molecule has 3 aromatic heterocycles. The summed E-state index contributed by atoms with van der Waals surface area (Å²) in [7, 11) is 0. The first kappa shape index (κ1) is 17.7. The van der Waals surface area contributed by atoms with Crippen LogP contribution in [-0.2, 0) is 6.42 Å². The summed E-state index contributed by atoms with van der Waals surface area (Å²) in [6, 6.07) is 9.73. The molecule has 0 saturated heterocycles. The highest BCUT2D eigenvalue weighted by Crippen LogP contribution is 2.41. The van der Waals surface area contributed by atoms with Crippen LogP contribution in [0.3, 0.4) is 0 Å². The molecule has 1 aliphatic carbocycles. The summed E-state index contributed by atoms with van der Waals surface area (Å²) in [6.07, 6.45) is 5.21. The van der Waals surface area contributed by atoms with E-state index in [0.717, 1.165) is 39.7 Å². The third-order valence-electron chi connectivity index (χ3n) is 5.32. The van der Waals surface area contributed by atoms with Crippen LogP contribution in [0.15, 0.2) is 52.9 Å². The van der Waals surface area contributed by atoms with Gasteiger partial charge in [-0.3, -0.25) is 4.79 Å². The summed E-state index contributed by atoms with van der Waals surface area (Å²) in [6.45, 7) is 6.05. The molecule has 5 rings (SSSR count). The molecule has 7 heteroatoms. The summed E-state index contributed by atoms with van der Waals surface area (Å²) < 4.78 is 3.77. The first-order valence-corrected chi connectivity index (χ1v) is 11.3. The Morgan fingerprint density at radius 1 is 1.32 bits per heavy atom. The standard InChI is InChI=1S/C21H20N4OS2/c1-3-12-27-21-23-22-20-24(14-9-5-4-6-10-14)18(26)17-16-13(2)8-7-11-15(16)28-19(17)25(20)21/h3-6,9-10,13H,1,7-8,11-12H2,2H3/t13-/m0/s1. The van der Waals surface area contributed by atoms with Gasteiger partial charge in [0.25, 0.3) is 5.56 Å². The largest absolute Gasteiger partial charge is 0.268 e. The Balaban J connectivity index is 1.95.